The third-order valence-corrected chi connectivity index (χ3v) is 6.39. The molecule has 2 heterocycles. The summed E-state index contributed by atoms with van der Waals surface area (Å²) < 4.78 is 32.0. The molecule has 4 rings (SSSR count). The highest BCUT2D eigenvalue weighted by Crippen LogP contribution is 2.58. The Morgan fingerprint density at radius 3 is 2.89 bits per heavy atom. The fourth-order valence-corrected chi connectivity index (χ4v) is 5.10. The van der Waals surface area contributed by atoms with E-state index in [0.29, 0.717) is 12.2 Å². The predicted octanol–water partition coefficient (Wildman–Crippen LogP) is 3.79. The van der Waals surface area contributed by atoms with Gasteiger partial charge in [-0.15, -0.1) is 4.99 Å². The van der Waals surface area contributed by atoms with Crippen LogP contribution < -0.4 is 4.52 Å². The van der Waals surface area contributed by atoms with Crippen LogP contribution in [-0.4, -0.2) is 23.3 Å². The lowest BCUT2D eigenvalue weighted by atomic mass is 10.1. The van der Waals surface area contributed by atoms with Crippen LogP contribution in [0.5, 0.6) is 5.75 Å². The fourth-order valence-electron chi connectivity index (χ4n) is 3.24. The van der Waals surface area contributed by atoms with E-state index in [4.69, 9.17) is 19.0 Å². The van der Waals surface area contributed by atoms with Gasteiger partial charge >= 0.3 is 13.8 Å². The number of benzene rings is 2. The van der Waals surface area contributed by atoms with Gasteiger partial charge < -0.3 is 9.26 Å². The summed E-state index contributed by atoms with van der Waals surface area (Å²) in [5.74, 6) is 0.511. The lowest BCUT2D eigenvalue weighted by Gasteiger charge is -2.33. The minimum absolute atomic E-state index is 0.0303. The van der Waals surface area contributed by atoms with Gasteiger partial charge in [-0.3, -0.25) is 4.52 Å². The molecule has 8 heteroatoms. The molecule has 138 valence electrons. The maximum Gasteiger partial charge on any atom is 0.493 e. The third kappa shape index (κ3) is 3.42. The van der Waals surface area contributed by atoms with Crippen molar-refractivity contribution < 1.29 is 18.3 Å². The Morgan fingerprint density at radius 1 is 1.30 bits per heavy atom. The zero-order chi connectivity index (χ0) is 18.9. The van der Waals surface area contributed by atoms with E-state index in [2.05, 4.69) is 4.99 Å². The van der Waals surface area contributed by atoms with Crippen LogP contribution in [0.1, 0.15) is 16.7 Å². The molecule has 0 saturated carbocycles. The predicted molar refractivity (Wildman–Crippen MR) is 99.0 cm³/mol. The Hall–Kier alpha value is -2.81. The largest absolute Gasteiger partial charge is 0.493 e. The van der Waals surface area contributed by atoms with E-state index in [0.717, 1.165) is 16.7 Å². The maximum atomic E-state index is 13.6. The van der Waals surface area contributed by atoms with Gasteiger partial charge in [0.25, 0.3) is 0 Å². The zero-order valence-corrected chi connectivity index (χ0v) is 15.6. The van der Waals surface area contributed by atoms with Crippen molar-refractivity contribution >= 4 is 13.8 Å². The first-order valence-corrected chi connectivity index (χ1v) is 10.1. The van der Waals surface area contributed by atoms with E-state index in [-0.39, 0.29) is 25.3 Å². The van der Waals surface area contributed by atoms with Crippen molar-refractivity contribution in [3.8, 4) is 11.9 Å². The van der Waals surface area contributed by atoms with E-state index in [1.165, 1.54) is 4.67 Å². The summed E-state index contributed by atoms with van der Waals surface area (Å²) in [5, 5.41) is 8.98. The molecule has 1 saturated heterocycles. The molecule has 0 amide bonds. The quantitative estimate of drug-likeness (QED) is 0.592. The van der Waals surface area contributed by atoms with Crippen LogP contribution in [0.25, 0.3) is 0 Å². The van der Waals surface area contributed by atoms with Crippen LogP contribution in [-0.2, 0) is 26.9 Å². The molecule has 0 unspecified atom stereocenters. The summed E-state index contributed by atoms with van der Waals surface area (Å²) in [7, 11) is -3.76. The first-order chi connectivity index (χ1) is 13.1. The second-order valence-electron chi connectivity index (χ2n) is 6.44. The van der Waals surface area contributed by atoms with Crippen molar-refractivity contribution in [2.45, 2.75) is 26.0 Å². The van der Waals surface area contributed by atoms with Gasteiger partial charge in [0.2, 0.25) is 6.19 Å². The van der Waals surface area contributed by atoms with Crippen molar-refractivity contribution in [1.82, 2.24) is 4.67 Å². The Balaban J connectivity index is 1.67. The SMILES string of the molecule is Cc1ccc2c(c1)CO[P@@](=O)(N1C(=NC#N)OC[C@@H]1Cc1ccccc1)O2. The summed E-state index contributed by atoms with van der Waals surface area (Å²) >= 11 is 0. The summed E-state index contributed by atoms with van der Waals surface area (Å²) in [4.78, 5) is 3.68. The Bertz CT molecular complexity index is 971. The van der Waals surface area contributed by atoms with Gasteiger partial charge in [0, 0.05) is 5.56 Å². The normalized spacial score (nSPS) is 25.4. The molecule has 2 aliphatic heterocycles. The summed E-state index contributed by atoms with van der Waals surface area (Å²) in [6.45, 7) is 2.37. The van der Waals surface area contributed by atoms with Gasteiger partial charge in [0.15, 0.2) is 0 Å². The number of nitriles is 1. The summed E-state index contributed by atoms with van der Waals surface area (Å²) in [6.07, 6.45) is 2.25. The summed E-state index contributed by atoms with van der Waals surface area (Å²) in [6, 6.07) is 15.0. The van der Waals surface area contributed by atoms with Crippen LogP contribution in [0.2, 0.25) is 0 Å². The van der Waals surface area contributed by atoms with Crippen molar-refractivity contribution in [2.75, 3.05) is 6.61 Å². The molecule has 2 aromatic rings. The van der Waals surface area contributed by atoms with Crippen LogP contribution in [0.15, 0.2) is 53.5 Å². The summed E-state index contributed by atoms with van der Waals surface area (Å²) in [5.41, 5.74) is 2.95. The van der Waals surface area contributed by atoms with E-state index < -0.39 is 7.75 Å². The molecule has 0 aromatic heterocycles. The van der Waals surface area contributed by atoms with Gasteiger partial charge in [-0.25, -0.2) is 9.24 Å². The van der Waals surface area contributed by atoms with E-state index in [9.17, 15) is 4.57 Å². The number of aryl methyl sites for hydroxylation is 1. The minimum Gasteiger partial charge on any atom is -0.462 e. The smallest absolute Gasteiger partial charge is 0.462 e. The van der Waals surface area contributed by atoms with E-state index in [1.807, 2.05) is 49.4 Å². The zero-order valence-electron chi connectivity index (χ0n) is 14.7. The molecular formula is C19H18N3O4P. The maximum absolute atomic E-state index is 13.6. The molecular weight excluding hydrogens is 365 g/mol. The first-order valence-electron chi connectivity index (χ1n) is 8.56. The van der Waals surface area contributed by atoms with Gasteiger partial charge in [-0.2, -0.15) is 5.26 Å². The molecule has 2 atom stereocenters. The van der Waals surface area contributed by atoms with E-state index >= 15 is 0 Å². The molecule has 0 aliphatic carbocycles. The number of aliphatic imine (C=N–C) groups is 1. The molecule has 0 bridgehead atoms. The van der Waals surface area contributed by atoms with Gasteiger partial charge in [0.05, 0.1) is 12.6 Å². The highest BCUT2D eigenvalue weighted by atomic mass is 31.2. The molecule has 2 aromatic carbocycles. The first kappa shape index (κ1) is 17.6. The van der Waals surface area contributed by atoms with Crippen LogP contribution in [0.4, 0.5) is 0 Å². The van der Waals surface area contributed by atoms with Crippen molar-refractivity contribution in [2.24, 2.45) is 4.99 Å². The Kier molecular flexibility index (Phi) is 4.61. The Morgan fingerprint density at radius 2 is 2.11 bits per heavy atom. The van der Waals surface area contributed by atoms with Crippen LogP contribution in [0, 0.1) is 18.4 Å². The monoisotopic (exact) mass is 383 g/mol. The number of rotatable bonds is 3. The molecule has 7 nitrogen and oxygen atoms in total. The lowest BCUT2D eigenvalue weighted by Crippen LogP contribution is -2.36. The molecule has 1 fully saturated rings. The number of ether oxygens (including phenoxy) is 1. The highest BCUT2D eigenvalue weighted by Gasteiger charge is 2.49. The lowest BCUT2D eigenvalue weighted by molar-refractivity contribution is 0.194. The average molecular weight is 383 g/mol. The molecule has 2 aliphatic rings. The number of nitrogens with zero attached hydrogens (tertiary/aromatic N) is 3. The topological polar surface area (TPSA) is 84.2 Å². The van der Waals surface area contributed by atoms with Gasteiger partial charge in [-0.05, 0) is 25.0 Å². The number of hydrogen-bond donors (Lipinski definition) is 0. The second-order valence-corrected chi connectivity index (χ2v) is 8.25. The van der Waals surface area contributed by atoms with Crippen LogP contribution in [0.3, 0.4) is 0 Å². The van der Waals surface area contributed by atoms with Crippen LogP contribution >= 0.6 is 7.75 Å². The number of fused-ring (bicyclic) bond motifs is 1. The fraction of sp³-hybridized carbons (Fsp3) is 0.263. The minimum atomic E-state index is -3.76. The molecule has 0 radical (unpaired) electrons. The van der Waals surface area contributed by atoms with Crippen molar-refractivity contribution in [3.63, 3.8) is 0 Å². The average Bonchev–Trinajstić information content (AvgIpc) is 3.06. The van der Waals surface area contributed by atoms with Crippen molar-refractivity contribution in [3.05, 3.63) is 65.2 Å². The molecule has 27 heavy (non-hydrogen) atoms. The van der Waals surface area contributed by atoms with E-state index in [1.54, 1.807) is 12.3 Å². The third-order valence-electron chi connectivity index (χ3n) is 4.48. The van der Waals surface area contributed by atoms with Gasteiger partial charge in [0.1, 0.15) is 12.4 Å². The highest BCUT2D eigenvalue weighted by molar-refractivity contribution is 7.52. The standard InChI is InChI=1S/C19H18N3O4P/c1-14-7-8-18-16(9-14)11-25-27(23,26-18)22-17(12-24-19(22)21-13-20)10-15-5-3-2-4-6-15/h2-9,17H,10-12H2,1H3/t17-,27-/m0/s1. The molecule has 0 N–H and O–H groups in total. The molecule has 0 spiro atoms. The number of hydrogen-bond acceptors (Lipinski definition) is 6. The second kappa shape index (κ2) is 7.07. The number of amidine groups is 1. The van der Waals surface area contributed by atoms with Crippen molar-refractivity contribution in [1.29, 1.82) is 5.26 Å². The Labute approximate surface area is 157 Å². The van der Waals surface area contributed by atoms with Gasteiger partial charge in [-0.1, -0.05) is 48.0 Å².